The van der Waals surface area contributed by atoms with Gasteiger partial charge in [-0.1, -0.05) is 0 Å². The Morgan fingerprint density at radius 3 is 2.84 bits per heavy atom. The van der Waals surface area contributed by atoms with Gasteiger partial charge in [0.2, 0.25) is 6.79 Å². The number of hydrogen-bond donors (Lipinski definition) is 2. The fourth-order valence-electron chi connectivity index (χ4n) is 2.36. The Morgan fingerprint density at radius 2 is 2.04 bits per heavy atom. The third-order valence-corrected chi connectivity index (χ3v) is 3.54. The maximum absolute atomic E-state index is 12.9. The molecule has 25 heavy (non-hydrogen) atoms. The van der Waals surface area contributed by atoms with E-state index in [1.807, 2.05) is 0 Å². The largest absolute Gasteiger partial charge is 0.454 e. The van der Waals surface area contributed by atoms with Crippen molar-refractivity contribution in [3.8, 4) is 17.3 Å². The van der Waals surface area contributed by atoms with Gasteiger partial charge in [-0.3, -0.25) is 14.7 Å². The first-order chi connectivity index (χ1) is 12.1. The lowest BCUT2D eigenvalue weighted by atomic mass is 10.2. The first-order valence-electron chi connectivity index (χ1n) is 7.25. The van der Waals surface area contributed by atoms with E-state index in [1.165, 1.54) is 12.1 Å². The average molecular weight is 342 g/mol. The van der Waals surface area contributed by atoms with Crippen molar-refractivity contribution >= 4 is 11.6 Å². The number of ether oxygens (including phenoxy) is 2. The molecule has 3 aromatic rings. The number of nitrogens with zero attached hydrogens (tertiary/aromatic N) is 2. The molecule has 0 bridgehead atoms. The summed E-state index contributed by atoms with van der Waals surface area (Å²) in [6, 6.07) is 8.58. The minimum absolute atomic E-state index is 0.0359. The Morgan fingerprint density at radius 1 is 1.20 bits per heavy atom. The zero-order valence-electron chi connectivity index (χ0n) is 12.7. The summed E-state index contributed by atoms with van der Waals surface area (Å²) < 4.78 is 24.4. The highest BCUT2D eigenvalue weighted by Gasteiger charge is 2.16. The third-order valence-electron chi connectivity index (χ3n) is 3.54. The monoisotopic (exact) mass is 342 g/mol. The number of fused-ring (bicyclic) bond motifs is 1. The number of aromatic nitrogens is 3. The maximum atomic E-state index is 12.9. The van der Waals surface area contributed by atoms with E-state index in [0.717, 1.165) is 16.9 Å². The highest BCUT2D eigenvalue weighted by Crippen LogP contribution is 2.34. The second-order valence-electron chi connectivity index (χ2n) is 5.20. The molecule has 0 saturated heterocycles. The lowest BCUT2D eigenvalue weighted by Gasteiger charge is -2.05. The summed E-state index contributed by atoms with van der Waals surface area (Å²) in [6.07, 6.45) is 0.981. The first-order valence-corrected chi connectivity index (χ1v) is 7.25. The lowest BCUT2D eigenvalue weighted by molar-refractivity contribution is 0.102. The predicted octanol–water partition coefficient (Wildman–Crippen LogP) is 1.68. The minimum atomic E-state index is -0.524. The van der Waals surface area contributed by atoms with Gasteiger partial charge in [-0.15, -0.1) is 0 Å². The van der Waals surface area contributed by atoms with Gasteiger partial charge in [0.15, 0.2) is 17.3 Å². The maximum Gasteiger partial charge on any atom is 0.273 e. The molecule has 126 valence electrons. The highest BCUT2D eigenvalue weighted by molar-refractivity contribution is 6.03. The van der Waals surface area contributed by atoms with Crippen molar-refractivity contribution in [1.82, 2.24) is 14.8 Å². The normalized spacial score (nSPS) is 12.2. The number of benzene rings is 1. The van der Waals surface area contributed by atoms with E-state index in [9.17, 15) is 14.0 Å². The van der Waals surface area contributed by atoms with E-state index in [1.54, 1.807) is 18.2 Å². The van der Waals surface area contributed by atoms with Crippen molar-refractivity contribution in [3.05, 3.63) is 64.5 Å². The lowest BCUT2D eigenvalue weighted by Crippen LogP contribution is -2.15. The Kier molecular flexibility index (Phi) is 3.46. The number of carbonyl (C=O) groups is 1. The molecular formula is C16H11FN4O4. The summed E-state index contributed by atoms with van der Waals surface area (Å²) in [5, 5.41) is 5.29. The summed E-state index contributed by atoms with van der Waals surface area (Å²) in [5.41, 5.74) is 0.0338. The standard InChI is InChI=1S/C16H11FN4O4/c17-9-1-4-14(18-7-9)21-15(22)6-11(20-21)16(23)19-10-2-3-12-13(5-10)25-8-24-12/h1-7,20H,8H2,(H,19,23). The molecule has 0 aliphatic carbocycles. The number of halogens is 1. The van der Waals surface area contributed by atoms with Crippen molar-refractivity contribution < 1.29 is 18.7 Å². The smallest absolute Gasteiger partial charge is 0.273 e. The van der Waals surface area contributed by atoms with Crippen LogP contribution in [0, 0.1) is 5.82 Å². The number of H-pyrrole nitrogens is 1. The van der Waals surface area contributed by atoms with Gasteiger partial charge in [-0.05, 0) is 24.3 Å². The molecule has 0 unspecified atom stereocenters. The second-order valence-corrected chi connectivity index (χ2v) is 5.20. The number of nitrogens with one attached hydrogen (secondary N) is 2. The number of amides is 1. The van der Waals surface area contributed by atoms with Crippen LogP contribution in [0.1, 0.15) is 10.5 Å². The van der Waals surface area contributed by atoms with Crippen LogP contribution >= 0.6 is 0 Å². The van der Waals surface area contributed by atoms with Gasteiger partial charge in [0.1, 0.15) is 11.5 Å². The summed E-state index contributed by atoms with van der Waals surface area (Å²) in [5.74, 6) is 0.258. The Balaban J connectivity index is 1.58. The number of pyridine rings is 1. The quantitative estimate of drug-likeness (QED) is 0.755. The van der Waals surface area contributed by atoms with Crippen LogP contribution in [0.15, 0.2) is 47.4 Å². The van der Waals surface area contributed by atoms with Gasteiger partial charge in [-0.25, -0.2) is 14.1 Å². The molecule has 3 heterocycles. The molecule has 0 atom stereocenters. The van der Waals surface area contributed by atoms with Gasteiger partial charge in [0.25, 0.3) is 11.5 Å². The molecule has 1 aliphatic rings. The van der Waals surface area contributed by atoms with Crippen LogP contribution in [0.2, 0.25) is 0 Å². The Bertz CT molecular complexity index is 1010. The van der Waals surface area contributed by atoms with Gasteiger partial charge < -0.3 is 14.8 Å². The third kappa shape index (κ3) is 2.82. The van der Waals surface area contributed by atoms with Crippen LogP contribution in [-0.4, -0.2) is 27.5 Å². The summed E-state index contributed by atoms with van der Waals surface area (Å²) in [6.45, 7) is 0.133. The van der Waals surface area contributed by atoms with E-state index in [2.05, 4.69) is 15.4 Å². The Labute approximate surface area is 139 Å². The predicted molar refractivity (Wildman–Crippen MR) is 84.7 cm³/mol. The van der Waals surface area contributed by atoms with Crippen molar-refractivity contribution in [2.75, 3.05) is 12.1 Å². The molecule has 0 fully saturated rings. The molecular weight excluding hydrogens is 331 g/mol. The number of hydrogen-bond acceptors (Lipinski definition) is 5. The zero-order chi connectivity index (χ0) is 17.4. The van der Waals surface area contributed by atoms with Gasteiger partial charge in [0.05, 0.1) is 6.20 Å². The van der Waals surface area contributed by atoms with E-state index in [4.69, 9.17) is 9.47 Å². The Hall–Kier alpha value is -3.62. The van der Waals surface area contributed by atoms with Gasteiger partial charge >= 0.3 is 0 Å². The molecule has 4 rings (SSSR count). The second kappa shape index (κ2) is 5.78. The minimum Gasteiger partial charge on any atom is -0.454 e. The summed E-state index contributed by atoms with van der Waals surface area (Å²) in [4.78, 5) is 28.1. The highest BCUT2D eigenvalue weighted by atomic mass is 19.1. The first kappa shape index (κ1) is 14.9. The van der Waals surface area contributed by atoms with Gasteiger partial charge in [-0.2, -0.15) is 0 Å². The van der Waals surface area contributed by atoms with Crippen molar-refractivity contribution in [2.24, 2.45) is 0 Å². The van der Waals surface area contributed by atoms with Crippen LogP contribution in [0.25, 0.3) is 5.82 Å². The molecule has 1 aliphatic heterocycles. The SMILES string of the molecule is O=C(Nc1ccc2c(c1)OCO2)c1cc(=O)n(-c2ccc(F)cn2)[nH]1. The van der Waals surface area contributed by atoms with Crippen molar-refractivity contribution in [2.45, 2.75) is 0 Å². The molecule has 8 nitrogen and oxygen atoms in total. The van der Waals surface area contributed by atoms with Crippen LogP contribution in [0.5, 0.6) is 11.5 Å². The molecule has 1 aromatic carbocycles. The molecule has 2 N–H and O–H groups in total. The number of aromatic amines is 1. The number of carbonyl (C=O) groups excluding carboxylic acids is 1. The van der Waals surface area contributed by atoms with Crippen LogP contribution in [0.3, 0.4) is 0 Å². The van der Waals surface area contributed by atoms with E-state index in [-0.39, 0.29) is 18.3 Å². The van der Waals surface area contributed by atoms with Gasteiger partial charge in [0, 0.05) is 17.8 Å². The summed E-state index contributed by atoms with van der Waals surface area (Å²) in [7, 11) is 0. The van der Waals surface area contributed by atoms with E-state index in [0.29, 0.717) is 17.2 Å². The van der Waals surface area contributed by atoms with Crippen molar-refractivity contribution in [1.29, 1.82) is 0 Å². The molecule has 1 amide bonds. The molecule has 0 spiro atoms. The summed E-state index contributed by atoms with van der Waals surface area (Å²) >= 11 is 0. The van der Waals surface area contributed by atoms with E-state index >= 15 is 0 Å². The topological polar surface area (TPSA) is 98.2 Å². The van der Waals surface area contributed by atoms with E-state index < -0.39 is 17.3 Å². The fourth-order valence-corrected chi connectivity index (χ4v) is 2.36. The van der Waals surface area contributed by atoms with Crippen LogP contribution in [-0.2, 0) is 0 Å². The van der Waals surface area contributed by atoms with Crippen molar-refractivity contribution in [3.63, 3.8) is 0 Å². The fraction of sp³-hybridized carbons (Fsp3) is 0.0625. The molecule has 9 heteroatoms. The van der Waals surface area contributed by atoms with Crippen LogP contribution in [0.4, 0.5) is 10.1 Å². The number of anilines is 1. The molecule has 2 aromatic heterocycles. The number of rotatable bonds is 3. The average Bonchev–Trinajstić information content (AvgIpc) is 3.22. The zero-order valence-corrected chi connectivity index (χ0v) is 12.7. The molecule has 0 radical (unpaired) electrons. The molecule has 0 saturated carbocycles. The van der Waals surface area contributed by atoms with Crippen LogP contribution < -0.4 is 20.3 Å².